The Balaban J connectivity index is 2.12. The van der Waals surface area contributed by atoms with Crippen molar-refractivity contribution in [2.75, 3.05) is 20.1 Å². The van der Waals surface area contributed by atoms with Crippen LogP contribution in [0.2, 0.25) is 0 Å². The minimum Gasteiger partial charge on any atom is -0.329 e. The lowest BCUT2D eigenvalue weighted by atomic mass is 10.1. The van der Waals surface area contributed by atoms with Gasteiger partial charge in [0.2, 0.25) is 0 Å². The molecule has 2 nitrogen and oxygen atoms in total. The maximum atomic E-state index is 13.5. The van der Waals surface area contributed by atoms with Crippen molar-refractivity contribution in [1.82, 2.24) is 4.90 Å². The summed E-state index contributed by atoms with van der Waals surface area (Å²) in [6.07, 6.45) is 2.63. The maximum absolute atomic E-state index is 13.5. The lowest BCUT2D eigenvalue weighted by Crippen LogP contribution is -2.32. The summed E-state index contributed by atoms with van der Waals surface area (Å²) in [5.74, 6) is 0.593. The van der Waals surface area contributed by atoms with Gasteiger partial charge in [-0.05, 0) is 59.4 Å². The molecular formula is C13H18BrFN2. The molecule has 1 aliphatic carbocycles. The van der Waals surface area contributed by atoms with Crippen LogP contribution >= 0.6 is 15.9 Å². The van der Waals surface area contributed by atoms with Gasteiger partial charge < -0.3 is 5.73 Å². The second-order valence-corrected chi connectivity index (χ2v) is 5.66. The van der Waals surface area contributed by atoms with Gasteiger partial charge in [-0.2, -0.15) is 0 Å². The van der Waals surface area contributed by atoms with Gasteiger partial charge in [0.1, 0.15) is 5.82 Å². The second kappa shape index (κ2) is 5.46. The SMILES string of the molecule is CN(CC1CC1)C(CN)c1ccc(Br)c(F)c1. The van der Waals surface area contributed by atoms with E-state index in [0.29, 0.717) is 11.0 Å². The van der Waals surface area contributed by atoms with E-state index in [4.69, 9.17) is 5.73 Å². The van der Waals surface area contributed by atoms with Crippen LogP contribution in [0.15, 0.2) is 22.7 Å². The maximum Gasteiger partial charge on any atom is 0.137 e. The molecule has 0 radical (unpaired) electrons. The van der Waals surface area contributed by atoms with Crippen LogP contribution in [0.4, 0.5) is 4.39 Å². The van der Waals surface area contributed by atoms with Crippen molar-refractivity contribution in [1.29, 1.82) is 0 Å². The van der Waals surface area contributed by atoms with Crippen LogP contribution in [-0.2, 0) is 0 Å². The smallest absolute Gasteiger partial charge is 0.137 e. The fourth-order valence-electron chi connectivity index (χ4n) is 2.13. The standard InChI is InChI=1S/C13H18BrFN2/c1-17(8-9-2-3-9)13(7-16)10-4-5-11(14)12(15)6-10/h4-6,9,13H,2-3,7-8,16H2,1H3. The van der Waals surface area contributed by atoms with E-state index in [-0.39, 0.29) is 11.9 Å². The molecule has 1 aromatic carbocycles. The van der Waals surface area contributed by atoms with E-state index < -0.39 is 0 Å². The molecule has 1 saturated carbocycles. The molecule has 0 heterocycles. The first-order valence-electron chi connectivity index (χ1n) is 5.97. The van der Waals surface area contributed by atoms with Crippen LogP contribution in [0.25, 0.3) is 0 Å². The molecule has 1 atom stereocenters. The highest BCUT2D eigenvalue weighted by Crippen LogP contribution is 2.32. The Morgan fingerprint density at radius 1 is 1.53 bits per heavy atom. The zero-order valence-electron chi connectivity index (χ0n) is 10.00. The fraction of sp³-hybridized carbons (Fsp3) is 0.538. The normalized spacial score (nSPS) is 17.5. The summed E-state index contributed by atoms with van der Waals surface area (Å²) in [6.45, 7) is 1.57. The highest BCUT2D eigenvalue weighted by atomic mass is 79.9. The molecule has 2 N–H and O–H groups in total. The highest BCUT2D eigenvalue weighted by molar-refractivity contribution is 9.10. The Labute approximate surface area is 110 Å². The molecular weight excluding hydrogens is 283 g/mol. The monoisotopic (exact) mass is 300 g/mol. The van der Waals surface area contributed by atoms with Crippen LogP contribution in [0.3, 0.4) is 0 Å². The van der Waals surface area contributed by atoms with Gasteiger partial charge in [-0.1, -0.05) is 6.07 Å². The molecule has 1 fully saturated rings. The molecule has 1 aliphatic rings. The van der Waals surface area contributed by atoms with Gasteiger partial charge in [-0.15, -0.1) is 0 Å². The van der Waals surface area contributed by atoms with Crippen LogP contribution in [-0.4, -0.2) is 25.0 Å². The summed E-state index contributed by atoms with van der Waals surface area (Å²) < 4.78 is 14.0. The van der Waals surface area contributed by atoms with E-state index in [1.807, 2.05) is 6.07 Å². The quantitative estimate of drug-likeness (QED) is 0.906. The minimum absolute atomic E-state index is 0.109. The molecule has 1 aromatic rings. The van der Waals surface area contributed by atoms with Gasteiger partial charge in [-0.3, -0.25) is 4.90 Å². The molecule has 0 aliphatic heterocycles. The largest absolute Gasteiger partial charge is 0.329 e. The number of hydrogen-bond acceptors (Lipinski definition) is 2. The molecule has 1 unspecified atom stereocenters. The molecule has 17 heavy (non-hydrogen) atoms. The van der Waals surface area contributed by atoms with E-state index >= 15 is 0 Å². The predicted octanol–water partition coefficient (Wildman–Crippen LogP) is 2.93. The molecule has 0 saturated heterocycles. The van der Waals surface area contributed by atoms with Crippen molar-refractivity contribution < 1.29 is 4.39 Å². The van der Waals surface area contributed by atoms with Crippen molar-refractivity contribution in [3.63, 3.8) is 0 Å². The van der Waals surface area contributed by atoms with Crippen LogP contribution in [0, 0.1) is 11.7 Å². The molecule has 0 aromatic heterocycles. The summed E-state index contributed by atoms with van der Waals surface area (Å²) >= 11 is 3.17. The molecule has 0 amide bonds. The van der Waals surface area contributed by atoms with E-state index in [1.165, 1.54) is 12.8 Å². The molecule has 0 spiro atoms. The first kappa shape index (κ1) is 13.0. The zero-order valence-corrected chi connectivity index (χ0v) is 11.6. The Hall–Kier alpha value is -0.450. The van der Waals surface area contributed by atoms with Gasteiger partial charge in [-0.25, -0.2) is 4.39 Å². The topological polar surface area (TPSA) is 29.3 Å². The first-order chi connectivity index (χ1) is 8.11. The third kappa shape index (κ3) is 3.27. The third-order valence-corrected chi connectivity index (χ3v) is 3.97. The predicted molar refractivity (Wildman–Crippen MR) is 71.2 cm³/mol. The molecule has 4 heteroatoms. The number of hydrogen-bond donors (Lipinski definition) is 1. The highest BCUT2D eigenvalue weighted by Gasteiger charge is 2.26. The Morgan fingerprint density at radius 2 is 2.24 bits per heavy atom. The van der Waals surface area contributed by atoms with Crippen molar-refractivity contribution in [2.45, 2.75) is 18.9 Å². The number of nitrogens with two attached hydrogens (primary N) is 1. The Bertz CT molecular complexity index is 393. The van der Waals surface area contributed by atoms with Crippen LogP contribution in [0.1, 0.15) is 24.4 Å². The molecule has 2 rings (SSSR count). The summed E-state index contributed by atoms with van der Waals surface area (Å²) in [5, 5.41) is 0. The number of benzene rings is 1. The van der Waals surface area contributed by atoms with Crippen molar-refractivity contribution in [2.24, 2.45) is 11.7 Å². The molecule has 94 valence electrons. The third-order valence-electron chi connectivity index (χ3n) is 3.33. The Kier molecular flexibility index (Phi) is 4.17. The van der Waals surface area contributed by atoms with E-state index in [9.17, 15) is 4.39 Å². The van der Waals surface area contributed by atoms with Gasteiger partial charge in [0.25, 0.3) is 0 Å². The number of likely N-dealkylation sites (N-methyl/N-ethyl adjacent to an activating group) is 1. The van der Waals surface area contributed by atoms with Crippen molar-refractivity contribution in [3.05, 3.63) is 34.1 Å². The van der Waals surface area contributed by atoms with Gasteiger partial charge in [0.15, 0.2) is 0 Å². The average molecular weight is 301 g/mol. The summed E-state index contributed by atoms with van der Waals surface area (Å²) in [6, 6.07) is 5.37. The van der Waals surface area contributed by atoms with Crippen molar-refractivity contribution >= 4 is 15.9 Å². The Morgan fingerprint density at radius 3 is 2.76 bits per heavy atom. The number of nitrogens with zero attached hydrogens (tertiary/aromatic N) is 1. The van der Waals surface area contributed by atoms with Gasteiger partial charge >= 0.3 is 0 Å². The molecule has 0 bridgehead atoms. The fourth-order valence-corrected chi connectivity index (χ4v) is 2.37. The number of halogens is 2. The summed E-state index contributed by atoms with van der Waals surface area (Å²) in [5.41, 5.74) is 6.77. The second-order valence-electron chi connectivity index (χ2n) is 4.81. The van der Waals surface area contributed by atoms with Gasteiger partial charge in [0, 0.05) is 19.1 Å². The van der Waals surface area contributed by atoms with Gasteiger partial charge in [0.05, 0.1) is 4.47 Å². The van der Waals surface area contributed by atoms with Crippen LogP contribution < -0.4 is 5.73 Å². The zero-order chi connectivity index (χ0) is 12.4. The van der Waals surface area contributed by atoms with E-state index in [0.717, 1.165) is 18.0 Å². The van der Waals surface area contributed by atoms with Crippen molar-refractivity contribution in [3.8, 4) is 0 Å². The van der Waals surface area contributed by atoms with Crippen LogP contribution in [0.5, 0.6) is 0 Å². The lowest BCUT2D eigenvalue weighted by molar-refractivity contribution is 0.240. The minimum atomic E-state index is -0.222. The number of rotatable bonds is 5. The average Bonchev–Trinajstić information content (AvgIpc) is 3.08. The summed E-state index contributed by atoms with van der Waals surface area (Å²) in [4.78, 5) is 2.24. The lowest BCUT2D eigenvalue weighted by Gasteiger charge is -2.27. The first-order valence-corrected chi connectivity index (χ1v) is 6.76. The van der Waals surface area contributed by atoms with E-state index in [2.05, 4.69) is 27.9 Å². The summed E-state index contributed by atoms with van der Waals surface area (Å²) in [7, 11) is 2.07. The van der Waals surface area contributed by atoms with E-state index in [1.54, 1.807) is 12.1 Å².